The van der Waals surface area contributed by atoms with E-state index in [1.165, 1.54) is 18.2 Å². The number of carboxylic acids is 1. The fraction of sp³-hybridized carbons (Fsp3) is 0. The van der Waals surface area contributed by atoms with E-state index in [1.54, 1.807) is 18.2 Å². The normalized spacial score (nSPS) is 10.2. The van der Waals surface area contributed by atoms with Gasteiger partial charge in [0.05, 0.1) is 21.3 Å². The topological polar surface area (TPSA) is 72.5 Å². The molecule has 0 aliphatic heterocycles. The lowest BCUT2D eigenvalue weighted by atomic mass is 10.2. The van der Waals surface area contributed by atoms with Gasteiger partial charge in [0, 0.05) is 0 Å². The molecule has 0 unspecified atom stereocenters. The summed E-state index contributed by atoms with van der Waals surface area (Å²) < 4.78 is 5.51. The highest BCUT2D eigenvalue weighted by molar-refractivity contribution is 6.35. The van der Waals surface area contributed by atoms with E-state index in [0.29, 0.717) is 10.7 Å². The van der Waals surface area contributed by atoms with E-state index in [2.05, 4.69) is 0 Å². The van der Waals surface area contributed by atoms with Gasteiger partial charge < -0.3 is 15.6 Å². The Hall–Kier alpha value is -1.91. The molecule has 3 N–H and O–H groups in total. The van der Waals surface area contributed by atoms with Gasteiger partial charge in [-0.15, -0.1) is 0 Å². The van der Waals surface area contributed by atoms with E-state index in [4.69, 9.17) is 38.8 Å². The molecule has 0 saturated carbocycles. The van der Waals surface area contributed by atoms with Crippen molar-refractivity contribution in [3.63, 3.8) is 0 Å². The van der Waals surface area contributed by atoms with Gasteiger partial charge in [-0.3, -0.25) is 0 Å². The van der Waals surface area contributed by atoms with Crippen LogP contribution in [0.25, 0.3) is 0 Å². The second kappa shape index (κ2) is 5.38. The van der Waals surface area contributed by atoms with E-state index < -0.39 is 5.97 Å². The van der Waals surface area contributed by atoms with Gasteiger partial charge in [-0.05, 0) is 24.3 Å². The SMILES string of the molecule is Nc1cccc(Cl)c1Oc1cccc(C(=O)O)c1Cl. The molecule has 4 nitrogen and oxygen atoms in total. The van der Waals surface area contributed by atoms with Crippen LogP contribution < -0.4 is 10.5 Å². The van der Waals surface area contributed by atoms with Crippen LogP contribution in [0.3, 0.4) is 0 Å². The van der Waals surface area contributed by atoms with E-state index >= 15 is 0 Å². The predicted molar refractivity (Wildman–Crippen MR) is 74.3 cm³/mol. The summed E-state index contributed by atoms with van der Waals surface area (Å²) >= 11 is 11.9. The highest BCUT2D eigenvalue weighted by Crippen LogP contribution is 2.38. The first-order valence-corrected chi connectivity index (χ1v) is 6.00. The van der Waals surface area contributed by atoms with Crippen LogP contribution in [0, 0.1) is 0 Å². The van der Waals surface area contributed by atoms with E-state index in [-0.39, 0.29) is 22.1 Å². The smallest absolute Gasteiger partial charge is 0.337 e. The number of carbonyl (C=O) groups is 1. The molecule has 0 fully saturated rings. The fourth-order valence-corrected chi connectivity index (χ4v) is 1.96. The number of anilines is 1. The van der Waals surface area contributed by atoms with Crippen LogP contribution in [-0.4, -0.2) is 11.1 Å². The standard InChI is InChI=1S/C13H9Cl2NO3/c14-8-4-2-5-9(16)12(8)19-10-6-1-3-7(11(10)15)13(17)18/h1-6H,16H2,(H,17,18). The Morgan fingerprint density at radius 1 is 1.16 bits per heavy atom. The molecular formula is C13H9Cl2NO3. The van der Waals surface area contributed by atoms with E-state index in [9.17, 15) is 4.79 Å². The number of para-hydroxylation sites is 1. The van der Waals surface area contributed by atoms with Crippen molar-refractivity contribution in [1.82, 2.24) is 0 Å². The number of nitrogens with two attached hydrogens (primary N) is 1. The van der Waals surface area contributed by atoms with Crippen molar-refractivity contribution in [3.05, 3.63) is 52.0 Å². The zero-order chi connectivity index (χ0) is 14.0. The number of halogens is 2. The predicted octanol–water partition coefficient (Wildman–Crippen LogP) is 4.07. The molecule has 6 heteroatoms. The van der Waals surface area contributed by atoms with E-state index in [1.807, 2.05) is 0 Å². The van der Waals surface area contributed by atoms with Crippen molar-refractivity contribution in [2.24, 2.45) is 0 Å². The van der Waals surface area contributed by atoms with Crippen LogP contribution in [-0.2, 0) is 0 Å². The number of rotatable bonds is 3. The zero-order valence-corrected chi connectivity index (χ0v) is 11.1. The molecule has 0 aliphatic carbocycles. The fourth-order valence-electron chi connectivity index (χ4n) is 1.50. The van der Waals surface area contributed by atoms with Crippen molar-refractivity contribution in [2.75, 3.05) is 5.73 Å². The Kier molecular flexibility index (Phi) is 3.83. The Morgan fingerprint density at radius 3 is 2.47 bits per heavy atom. The number of carboxylic acid groups (broad SMARTS) is 1. The molecule has 0 amide bonds. The Balaban J connectivity index is 2.45. The first-order valence-electron chi connectivity index (χ1n) is 5.24. The zero-order valence-electron chi connectivity index (χ0n) is 9.56. The van der Waals surface area contributed by atoms with Crippen molar-refractivity contribution in [3.8, 4) is 11.5 Å². The van der Waals surface area contributed by atoms with E-state index in [0.717, 1.165) is 0 Å². The number of ether oxygens (including phenoxy) is 1. The second-order valence-electron chi connectivity index (χ2n) is 3.68. The molecule has 2 aromatic rings. The maximum atomic E-state index is 11.0. The third-order valence-corrected chi connectivity index (χ3v) is 3.09. The van der Waals surface area contributed by atoms with Gasteiger partial charge in [0.15, 0.2) is 5.75 Å². The number of hydrogen-bond donors (Lipinski definition) is 2. The second-order valence-corrected chi connectivity index (χ2v) is 4.47. The van der Waals surface area contributed by atoms with Crippen molar-refractivity contribution < 1.29 is 14.6 Å². The maximum Gasteiger partial charge on any atom is 0.337 e. The number of benzene rings is 2. The van der Waals surface area contributed by atoms with Crippen LogP contribution in [0.5, 0.6) is 11.5 Å². The Morgan fingerprint density at radius 2 is 1.84 bits per heavy atom. The average Bonchev–Trinajstić information content (AvgIpc) is 2.35. The minimum absolute atomic E-state index is 0.00526. The summed E-state index contributed by atoms with van der Waals surface area (Å²) in [6, 6.07) is 9.36. The molecule has 2 rings (SSSR count). The van der Waals surface area contributed by atoms with Crippen LogP contribution in [0.2, 0.25) is 10.0 Å². The minimum Gasteiger partial charge on any atom is -0.478 e. The summed E-state index contributed by atoms with van der Waals surface area (Å²) in [6.45, 7) is 0. The molecule has 0 aliphatic rings. The molecule has 0 atom stereocenters. The van der Waals surface area contributed by atoms with Gasteiger partial charge >= 0.3 is 5.97 Å². The largest absolute Gasteiger partial charge is 0.478 e. The number of nitrogen functional groups attached to an aromatic ring is 1. The molecule has 0 radical (unpaired) electrons. The van der Waals surface area contributed by atoms with Crippen LogP contribution in [0.1, 0.15) is 10.4 Å². The molecule has 0 heterocycles. The number of hydrogen-bond acceptors (Lipinski definition) is 3. The monoisotopic (exact) mass is 297 g/mol. The molecule has 0 spiro atoms. The lowest BCUT2D eigenvalue weighted by Gasteiger charge is -2.12. The molecular weight excluding hydrogens is 289 g/mol. The number of aromatic carboxylic acids is 1. The molecule has 98 valence electrons. The summed E-state index contributed by atoms with van der Waals surface area (Å²) in [7, 11) is 0. The average molecular weight is 298 g/mol. The van der Waals surface area contributed by atoms with Gasteiger partial charge in [0.25, 0.3) is 0 Å². The van der Waals surface area contributed by atoms with Gasteiger partial charge in [0.1, 0.15) is 5.75 Å². The summed E-state index contributed by atoms with van der Waals surface area (Å²) in [5.41, 5.74) is 6.03. The van der Waals surface area contributed by atoms with Gasteiger partial charge in [-0.2, -0.15) is 0 Å². The molecule has 0 saturated heterocycles. The van der Waals surface area contributed by atoms with Gasteiger partial charge in [-0.1, -0.05) is 35.3 Å². The summed E-state index contributed by atoms with van der Waals surface area (Å²) in [4.78, 5) is 11.0. The van der Waals surface area contributed by atoms with Crippen molar-refractivity contribution >= 4 is 34.9 Å². The maximum absolute atomic E-state index is 11.0. The lowest BCUT2D eigenvalue weighted by molar-refractivity contribution is 0.0696. The van der Waals surface area contributed by atoms with Crippen molar-refractivity contribution in [1.29, 1.82) is 0 Å². The van der Waals surface area contributed by atoms with Crippen LogP contribution in [0.15, 0.2) is 36.4 Å². The third-order valence-electron chi connectivity index (χ3n) is 2.40. The molecule has 0 aromatic heterocycles. The lowest BCUT2D eigenvalue weighted by Crippen LogP contribution is -1.99. The summed E-state index contributed by atoms with van der Waals surface area (Å²) in [5, 5.41) is 9.29. The highest BCUT2D eigenvalue weighted by Gasteiger charge is 2.15. The first kappa shape index (κ1) is 13.5. The quantitative estimate of drug-likeness (QED) is 0.838. The molecule has 0 bridgehead atoms. The van der Waals surface area contributed by atoms with Crippen LogP contribution >= 0.6 is 23.2 Å². The van der Waals surface area contributed by atoms with Gasteiger partial charge in [0.2, 0.25) is 0 Å². The van der Waals surface area contributed by atoms with Crippen LogP contribution in [0.4, 0.5) is 5.69 Å². The van der Waals surface area contributed by atoms with Crippen molar-refractivity contribution in [2.45, 2.75) is 0 Å². The summed E-state index contributed by atoms with van der Waals surface area (Å²) in [5.74, 6) is -0.711. The highest BCUT2D eigenvalue weighted by atomic mass is 35.5. The third kappa shape index (κ3) is 2.75. The minimum atomic E-state index is -1.14. The van der Waals surface area contributed by atoms with Gasteiger partial charge in [-0.25, -0.2) is 4.79 Å². The Bertz CT molecular complexity index is 624. The molecule has 2 aromatic carbocycles. The molecule has 19 heavy (non-hydrogen) atoms. The Labute approximate surface area is 119 Å². The summed E-state index contributed by atoms with van der Waals surface area (Å²) in [6.07, 6.45) is 0. The first-order chi connectivity index (χ1) is 9.00.